The second kappa shape index (κ2) is 10.1. The lowest BCUT2D eigenvalue weighted by Crippen LogP contribution is -2.31. The quantitative estimate of drug-likeness (QED) is 0.341. The highest BCUT2D eigenvalue weighted by Crippen LogP contribution is 2.39. The summed E-state index contributed by atoms with van der Waals surface area (Å²) in [7, 11) is 2.06. The van der Waals surface area contributed by atoms with Crippen molar-refractivity contribution in [2.75, 3.05) is 40.3 Å². The van der Waals surface area contributed by atoms with E-state index < -0.39 is 32.5 Å². The van der Waals surface area contributed by atoms with Gasteiger partial charge in [0.15, 0.2) is 4.91 Å². The highest BCUT2D eigenvalue weighted by Gasteiger charge is 2.34. The van der Waals surface area contributed by atoms with Gasteiger partial charge in [-0.2, -0.15) is 0 Å². The van der Waals surface area contributed by atoms with Gasteiger partial charge in [0.05, 0.1) is 31.8 Å². The first-order valence-corrected chi connectivity index (χ1v) is 10.7. The molecule has 2 aromatic carbocycles. The zero-order chi connectivity index (χ0) is 24.1. The lowest BCUT2D eigenvalue weighted by atomic mass is 10.2. The summed E-state index contributed by atoms with van der Waals surface area (Å²) in [5.74, 6) is -2.00. The van der Waals surface area contributed by atoms with Gasteiger partial charge in [-0.05, 0) is 36.4 Å². The molecule has 0 aliphatic heterocycles. The van der Waals surface area contributed by atoms with Gasteiger partial charge in [0.25, 0.3) is 5.91 Å². The van der Waals surface area contributed by atoms with Crippen molar-refractivity contribution in [1.82, 2.24) is 5.32 Å². The number of nitrogens with zero attached hydrogens (tertiary/aromatic N) is 1. The molecule has 2 rings (SSSR count). The van der Waals surface area contributed by atoms with E-state index in [0.717, 1.165) is 17.0 Å². The average molecular weight is 464 g/mol. The Morgan fingerprint density at radius 1 is 0.969 bits per heavy atom. The van der Waals surface area contributed by atoms with E-state index in [-0.39, 0.29) is 27.6 Å². The smallest absolute Gasteiger partial charge is 0.337 e. The number of aliphatic hydroxyl groups is 1. The van der Waals surface area contributed by atoms with Crippen LogP contribution in [0, 0.1) is 0 Å². The van der Waals surface area contributed by atoms with Gasteiger partial charge in [0.1, 0.15) is 17.2 Å². The number of ether oxygens (including phenoxy) is 3. The summed E-state index contributed by atoms with van der Waals surface area (Å²) >= 11 is 0. The minimum absolute atomic E-state index is 0.122. The van der Waals surface area contributed by atoms with E-state index in [4.69, 9.17) is 9.47 Å². The SMILES string of the molecule is CNC(=O)/C(=C(/O)N(C)c1c(OC)cccc1OC)S(=O)(=O)c1ccc(C(=O)OC)cc1. The van der Waals surface area contributed by atoms with Crippen molar-refractivity contribution >= 4 is 27.4 Å². The first kappa shape index (κ1) is 24.5. The second-order valence-electron chi connectivity index (χ2n) is 6.32. The number of likely N-dealkylation sites (N-methyl/N-ethyl adjacent to an activating group) is 1. The molecule has 11 heteroatoms. The third kappa shape index (κ3) is 4.62. The summed E-state index contributed by atoms with van der Waals surface area (Å²) in [4.78, 5) is 24.1. The molecule has 32 heavy (non-hydrogen) atoms. The maximum atomic E-state index is 13.3. The lowest BCUT2D eigenvalue weighted by Gasteiger charge is -2.24. The van der Waals surface area contributed by atoms with E-state index in [1.807, 2.05) is 0 Å². The molecule has 2 aromatic rings. The molecule has 0 aliphatic carbocycles. The highest BCUT2D eigenvalue weighted by atomic mass is 32.2. The van der Waals surface area contributed by atoms with Gasteiger partial charge in [-0.25, -0.2) is 13.2 Å². The molecule has 0 bridgehead atoms. The minimum Gasteiger partial charge on any atom is -0.494 e. The lowest BCUT2D eigenvalue weighted by molar-refractivity contribution is -0.116. The van der Waals surface area contributed by atoms with Crippen LogP contribution in [-0.2, 0) is 19.4 Å². The number of nitrogens with one attached hydrogen (secondary N) is 1. The van der Waals surface area contributed by atoms with E-state index in [2.05, 4.69) is 10.1 Å². The maximum absolute atomic E-state index is 13.3. The summed E-state index contributed by atoms with van der Waals surface area (Å²) in [6, 6.07) is 9.58. The fourth-order valence-corrected chi connectivity index (χ4v) is 4.34. The number of amides is 1. The Morgan fingerprint density at radius 3 is 1.94 bits per heavy atom. The number of carbonyl (C=O) groups is 2. The summed E-state index contributed by atoms with van der Waals surface area (Å²) < 4.78 is 41.8. The molecule has 0 atom stereocenters. The van der Waals surface area contributed by atoms with Crippen molar-refractivity contribution in [1.29, 1.82) is 0 Å². The van der Waals surface area contributed by atoms with Gasteiger partial charge in [0.2, 0.25) is 15.7 Å². The van der Waals surface area contributed by atoms with Crippen LogP contribution in [0.3, 0.4) is 0 Å². The fourth-order valence-electron chi connectivity index (χ4n) is 2.88. The molecular formula is C21H24N2O8S. The Labute approximate surface area is 185 Å². The van der Waals surface area contributed by atoms with E-state index in [9.17, 15) is 23.1 Å². The Kier molecular flexibility index (Phi) is 7.71. The molecule has 0 heterocycles. The van der Waals surface area contributed by atoms with Crippen LogP contribution in [0.2, 0.25) is 0 Å². The maximum Gasteiger partial charge on any atom is 0.337 e. The van der Waals surface area contributed by atoms with Crippen LogP contribution in [0.5, 0.6) is 11.5 Å². The monoisotopic (exact) mass is 464 g/mol. The van der Waals surface area contributed by atoms with Crippen molar-refractivity contribution in [2.24, 2.45) is 0 Å². The molecule has 0 fully saturated rings. The topological polar surface area (TPSA) is 131 Å². The van der Waals surface area contributed by atoms with Crippen LogP contribution < -0.4 is 19.7 Å². The average Bonchev–Trinajstić information content (AvgIpc) is 2.82. The number of esters is 1. The summed E-state index contributed by atoms with van der Waals surface area (Å²) in [5.41, 5.74) is 0.324. The highest BCUT2D eigenvalue weighted by molar-refractivity contribution is 7.96. The van der Waals surface area contributed by atoms with Crippen LogP contribution >= 0.6 is 0 Å². The normalized spacial score (nSPS) is 11.8. The fraction of sp³-hybridized carbons (Fsp3) is 0.238. The molecule has 2 N–H and O–H groups in total. The van der Waals surface area contributed by atoms with E-state index >= 15 is 0 Å². The van der Waals surface area contributed by atoms with Crippen LogP contribution in [0.1, 0.15) is 10.4 Å². The molecule has 172 valence electrons. The predicted octanol–water partition coefficient (Wildman–Crippen LogP) is 1.87. The van der Waals surface area contributed by atoms with Crippen LogP contribution in [0.4, 0.5) is 5.69 Å². The molecule has 0 aromatic heterocycles. The zero-order valence-corrected chi connectivity index (χ0v) is 19.0. The Morgan fingerprint density at radius 2 is 1.50 bits per heavy atom. The summed E-state index contributed by atoms with van der Waals surface area (Å²) in [5, 5.41) is 13.2. The Hall–Kier alpha value is -3.73. The van der Waals surface area contributed by atoms with Gasteiger partial charge in [-0.3, -0.25) is 4.79 Å². The molecule has 0 saturated heterocycles. The van der Waals surface area contributed by atoms with E-state index in [1.165, 1.54) is 47.6 Å². The van der Waals surface area contributed by atoms with Crippen molar-refractivity contribution in [3.05, 3.63) is 58.8 Å². The van der Waals surface area contributed by atoms with Gasteiger partial charge in [-0.1, -0.05) is 6.07 Å². The van der Waals surface area contributed by atoms with Crippen molar-refractivity contribution < 1.29 is 37.3 Å². The zero-order valence-electron chi connectivity index (χ0n) is 18.2. The van der Waals surface area contributed by atoms with Crippen LogP contribution in [0.15, 0.2) is 58.1 Å². The molecule has 0 spiro atoms. The molecule has 0 unspecified atom stereocenters. The molecule has 0 radical (unpaired) electrons. The number of carbonyl (C=O) groups excluding carboxylic acids is 2. The minimum atomic E-state index is -4.51. The van der Waals surface area contributed by atoms with Gasteiger partial charge >= 0.3 is 5.97 Å². The molecule has 10 nitrogen and oxygen atoms in total. The number of rotatable bonds is 8. The molecule has 0 aliphatic rings. The summed E-state index contributed by atoms with van der Waals surface area (Å²) in [6.07, 6.45) is 0. The van der Waals surface area contributed by atoms with Crippen LogP contribution in [0.25, 0.3) is 0 Å². The first-order chi connectivity index (χ1) is 15.1. The molecular weight excluding hydrogens is 440 g/mol. The number of benzene rings is 2. The van der Waals surface area contributed by atoms with Crippen molar-refractivity contribution in [3.8, 4) is 11.5 Å². The standard InChI is InChI=1S/C21H24N2O8S/c1-22-19(24)18(32(27,28)14-11-9-13(10-12-14)21(26)31-5)20(25)23(2)17-15(29-3)7-6-8-16(17)30-4/h6-12,25H,1-5H3,(H,22,24)/b20-18-. The Bertz CT molecular complexity index is 1120. The summed E-state index contributed by atoms with van der Waals surface area (Å²) in [6.45, 7) is 0. The number of hydrogen-bond acceptors (Lipinski definition) is 9. The largest absolute Gasteiger partial charge is 0.494 e. The third-order valence-corrected chi connectivity index (χ3v) is 6.34. The number of para-hydroxylation sites is 1. The van der Waals surface area contributed by atoms with E-state index in [1.54, 1.807) is 18.2 Å². The van der Waals surface area contributed by atoms with Crippen LogP contribution in [-0.4, -0.2) is 60.8 Å². The van der Waals surface area contributed by atoms with Gasteiger partial charge in [-0.15, -0.1) is 0 Å². The number of anilines is 1. The molecule has 0 saturated carbocycles. The Balaban J connectivity index is 2.70. The number of methoxy groups -OCH3 is 3. The van der Waals surface area contributed by atoms with Crippen molar-refractivity contribution in [2.45, 2.75) is 4.90 Å². The second-order valence-corrected chi connectivity index (χ2v) is 8.21. The van der Waals surface area contributed by atoms with Gasteiger partial charge < -0.3 is 29.5 Å². The van der Waals surface area contributed by atoms with E-state index in [0.29, 0.717) is 0 Å². The third-order valence-electron chi connectivity index (χ3n) is 4.55. The first-order valence-electron chi connectivity index (χ1n) is 9.17. The number of sulfone groups is 1. The predicted molar refractivity (Wildman–Crippen MR) is 117 cm³/mol. The van der Waals surface area contributed by atoms with Crippen molar-refractivity contribution in [3.63, 3.8) is 0 Å². The number of hydrogen-bond donors (Lipinski definition) is 2. The molecule has 1 amide bonds. The van der Waals surface area contributed by atoms with Gasteiger partial charge in [0, 0.05) is 14.1 Å². The number of aliphatic hydroxyl groups excluding tert-OH is 1.